The Balaban J connectivity index is 1.46. The van der Waals surface area contributed by atoms with Crippen LogP contribution in [0.1, 0.15) is 31.0 Å². The molecule has 1 aromatic heterocycles. The van der Waals surface area contributed by atoms with Gasteiger partial charge in [0.2, 0.25) is 11.9 Å². The summed E-state index contributed by atoms with van der Waals surface area (Å²) in [7, 11) is 1.65. The van der Waals surface area contributed by atoms with Gasteiger partial charge in [0.1, 0.15) is 5.75 Å². The fourth-order valence-corrected chi connectivity index (χ4v) is 4.82. The van der Waals surface area contributed by atoms with Crippen LogP contribution < -0.4 is 15.0 Å². The highest BCUT2D eigenvalue weighted by Gasteiger charge is 2.23. The van der Waals surface area contributed by atoms with Gasteiger partial charge in [-0.25, -0.2) is 0 Å². The van der Waals surface area contributed by atoms with E-state index in [1.54, 1.807) is 7.11 Å². The number of hydrogen-bond acceptors (Lipinski definition) is 7. The molecule has 0 saturated carbocycles. The molecule has 186 valence electrons. The highest BCUT2D eigenvalue weighted by molar-refractivity contribution is 7.99. The van der Waals surface area contributed by atoms with Gasteiger partial charge in [0.15, 0.2) is 5.16 Å². The second-order valence-corrected chi connectivity index (χ2v) is 9.75. The standard InChI is InChI=1S/C26H33N5O3S/c1-19(2)24(21-9-11-22(33-3)12-10-21)27-23(32)18-35-26-29-28-25(30-13-15-34-16-14-30)31(26)17-20-7-5-4-6-8-20/h4-12,19,24H,13-18H2,1-3H3,(H,27,32)/t24-/m1/s1. The lowest BCUT2D eigenvalue weighted by atomic mass is 9.96. The second-order valence-electron chi connectivity index (χ2n) is 8.80. The summed E-state index contributed by atoms with van der Waals surface area (Å²) in [5, 5.41) is 12.9. The number of aromatic nitrogens is 3. The maximum Gasteiger partial charge on any atom is 0.230 e. The van der Waals surface area contributed by atoms with Gasteiger partial charge in [-0.2, -0.15) is 0 Å². The zero-order valence-corrected chi connectivity index (χ0v) is 21.3. The zero-order chi connectivity index (χ0) is 24.6. The first-order valence-electron chi connectivity index (χ1n) is 11.9. The number of morpholine rings is 1. The van der Waals surface area contributed by atoms with Crippen molar-refractivity contribution in [3.63, 3.8) is 0 Å². The molecular weight excluding hydrogens is 462 g/mol. The monoisotopic (exact) mass is 495 g/mol. The molecule has 0 unspecified atom stereocenters. The third-order valence-electron chi connectivity index (χ3n) is 5.97. The fraction of sp³-hybridized carbons (Fsp3) is 0.423. The third kappa shape index (κ3) is 6.55. The largest absolute Gasteiger partial charge is 0.497 e. The van der Waals surface area contributed by atoms with E-state index in [2.05, 4.69) is 51.0 Å². The summed E-state index contributed by atoms with van der Waals surface area (Å²) in [6, 6.07) is 18.0. The molecule has 0 aliphatic carbocycles. The zero-order valence-electron chi connectivity index (χ0n) is 20.5. The number of nitrogens with one attached hydrogen (secondary N) is 1. The van der Waals surface area contributed by atoms with Gasteiger partial charge in [0.25, 0.3) is 0 Å². The Morgan fingerprint density at radius 3 is 2.46 bits per heavy atom. The molecule has 1 aliphatic heterocycles. The van der Waals surface area contributed by atoms with Gasteiger partial charge in [0, 0.05) is 13.1 Å². The quantitative estimate of drug-likeness (QED) is 0.429. The Labute approximate surface area is 211 Å². The normalized spacial score (nSPS) is 14.7. The van der Waals surface area contributed by atoms with Gasteiger partial charge >= 0.3 is 0 Å². The lowest BCUT2D eigenvalue weighted by molar-refractivity contribution is -0.119. The Morgan fingerprint density at radius 2 is 1.80 bits per heavy atom. The van der Waals surface area contributed by atoms with E-state index in [0.29, 0.717) is 19.8 Å². The first kappa shape index (κ1) is 25.1. The molecule has 1 saturated heterocycles. The van der Waals surface area contributed by atoms with Crippen molar-refractivity contribution in [2.45, 2.75) is 31.6 Å². The highest BCUT2D eigenvalue weighted by Crippen LogP contribution is 2.26. The molecule has 0 bridgehead atoms. The molecule has 1 fully saturated rings. The minimum absolute atomic E-state index is 0.0355. The molecule has 0 spiro atoms. The molecule has 35 heavy (non-hydrogen) atoms. The summed E-state index contributed by atoms with van der Waals surface area (Å²) in [5.41, 5.74) is 2.22. The maximum absolute atomic E-state index is 13.0. The van der Waals surface area contributed by atoms with Crippen LogP contribution in [0.15, 0.2) is 59.8 Å². The molecule has 1 N–H and O–H groups in total. The Kier molecular flexibility index (Phi) is 8.65. The van der Waals surface area contributed by atoms with Crippen LogP contribution in [0.5, 0.6) is 5.75 Å². The van der Waals surface area contributed by atoms with Crippen LogP contribution in [-0.2, 0) is 16.1 Å². The number of thioether (sulfide) groups is 1. The number of ether oxygens (including phenoxy) is 2. The van der Waals surface area contributed by atoms with E-state index in [-0.39, 0.29) is 23.6 Å². The number of benzene rings is 2. The average Bonchev–Trinajstić information content (AvgIpc) is 3.29. The molecule has 3 aromatic rings. The van der Waals surface area contributed by atoms with E-state index >= 15 is 0 Å². The molecule has 0 radical (unpaired) electrons. The number of hydrogen-bond donors (Lipinski definition) is 1. The van der Waals surface area contributed by atoms with Gasteiger partial charge in [0.05, 0.1) is 38.7 Å². The predicted molar refractivity (Wildman–Crippen MR) is 138 cm³/mol. The van der Waals surface area contributed by atoms with E-state index < -0.39 is 0 Å². The molecule has 1 aliphatic rings. The van der Waals surface area contributed by atoms with E-state index in [4.69, 9.17) is 9.47 Å². The van der Waals surface area contributed by atoms with Crippen LogP contribution in [0.2, 0.25) is 0 Å². The lowest BCUT2D eigenvalue weighted by Gasteiger charge is -2.28. The number of nitrogens with zero attached hydrogens (tertiary/aromatic N) is 4. The number of methoxy groups -OCH3 is 1. The lowest BCUT2D eigenvalue weighted by Crippen LogP contribution is -2.38. The molecule has 1 amide bonds. The molecule has 4 rings (SSSR count). The number of anilines is 1. The molecule has 2 heterocycles. The summed E-state index contributed by atoms with van der Waals surface area (Å²) in [6.07, 6.45) is 0. The van der Waals surface area contributed by atoms with Crippen LogP contribution in [0, 0.1) is 5.92 Å². The van der Waals surface area contributed by atoms with Crippen molar-refractivity contribution in [3.8, 4) is 5.75 Å². The summed E-state index contributed by atoms with van der Waals surface area (Å²) in [5.74, 6) is 2.08. The van der Waals surface area contributed by atoms with Crippen LogP contribution in [0.4, 0.5) is 5.95 Å². The number of rotatable bonds is 10. The first-order chi connectivity index (χ1) is 17.0. The molecule has 8 nitrogen and oxygen atoms in total. The fourth-order valence-electron chi connectivity index (χ4n) is 4.08. The summed E-state index contributed by atoms with van der Waals surface area (Å²) in [4.78, 5) is 15.2. The van der Waals surface area contributed by atoms with E-state index in [9.17, 15) is 4.79 Å². The summed E-state index contributed by atoms with van der Waals surface area (Å²) >= 11 is 1.41. The minimum atomic E-state index is -0.0832. The number of carbonyl (C=O) groups is 1. The molecule has 9 heteroatoms. The minimum Gasteiger partial charge on any atom is -0.497 e. The maximum atomic E-state index is 13.0. The van der Waals surface area contributed by atoms with Crippen LogP contribution >= 0.6 is 11.8 Å². The van der Waals surface area contributed by atoms with Crippen LogP contribution in [0.3, 0.4) is 0 Å². The predicted octanol–water partition coefficient (Wildman–Crippen LogP) is 3.78. The van der Waals surface area contributed by atoms with Crippen molar-refractivity contribution in [1.29, 1.82) is 0 Å². The molecular formula is C26H33N5O3S. The van der Waals surface area contributed by atoms with Gasteiger partial charge in [-0.3, -0.25) is 9.36 Å². The van der Waals surface area contributed by atoms with Gasteiger partial charge in [-0.1, -0.05) is 68.1 Å². The molecule has 2 aromatic carbocycles. The van der Waals surface area contributed by atoms with Crippen molar-refractivity contribution in [3.05, 3.63) is 65.7 Å². The van der Waals surface area contributed by atoms with Gasteiger partial charge in [-0.15, -0.1) is 10.2 Å². The third-order valence-corrected chi connectivity index (χ3v) is 6.93. The SMILES string of the molecule is COc1ccc([C@H](NC(=O)CSc2nnc(N3CCOCC3)n2Cc2ccccc2)C(C)C)cc1. The number of amides is 1. The van der Waals surface area contributed by atoms with Crippen molar-refractivity contribution >= 4 is 23.6 Å². The second kappa shape index (κ2) is 12.1. The van der Waals surface area contributed by atoms with E-state index in [0.717, 1.165) is 41.1 Å². The van der Waals surface area contributed by atoms with Crippen molar-refractivity contribution in [2.75, 3.05) is 44.1 Å². The highest BCUT2D eigenvalue weighted by atomic mass is 32.2. The van der Waals surface area contributed by atoms with E-state index in [1.165, 1.54) is 11.8 Å². The first-order valence-corrected chi connectivity index (χ1v) is 12.9. The smallest absolute Gasteiger partial charge is 0.230 e. The van der Waals surface area contributed by atoms with Crippen LogP contribution in [0.25, 0.3) is 0 Å². The van der Waals surface area contributed by atoms with Crippen molar-refractivity contribution in [1.82, 2.24) is 20.1 Å². The Morgan fingerprint density at radius 1 is 1.09 bits per heavy atom. The number of carbonyl (C=O) groups excluding carboxylic acids is 1. The molecule has 1 atom stereocenters. The summed E-state index contributed by atoms with van der Waals surface area (Å²) in [6.45, 7) is 7.74. The summed E-state index contributed by atoms with van der Waals surface area (Å²) < 4.78 is 12.9. The average molecular weight is 496 g/mol. The van der Waals surface area contributed by atoms with Gasteiger partial charge in [-0.05, 0) is 29.2 Å². The van der Waals surface area contributed by atoms with Crippen LogP contribution in [-0.4, -0.2) is 59.8 Å². The van der Waals surface area contributed by atoms with E-state index in [1.807, 2.05) is 42.5 Å². The van der Waals surface area contributed by atoms with Gasteiger partial charge < -0.3 is 19.7 Å². The van der Waals surface area contributed by atoms with Crippen molar-refractivity contribution < 1.29 is 14.3 Å². The topological polar surface area (TPSA) is 81.5 Å². The Bertz CT molecular complexity index is 1080. The van der Waals surface area contributed by atoms with Crippen molar-refractivity contribution in [2.24, 2.45) is 5.92 Å². The Hall–Kier alpha value is -3.04.